The second-order valence-electron chi connectivity index (χ2n) is 6.00. The van der Waals surface area contributed by atoms with Crippen LogP contribution >= 0.6 is 0 Å². The van der Waals surface area contributed by atoms with Gasteiger partial charge < -0.3 is 15.5 Å². The molecule has 1 aromatic carbocycles. The van der Waals surface area contributed by atoms with Crippen LogP contribution in [0.25, 0.3) is 0 Å². The van der Waals surface area contributed by atoms with E-state index in [1.54, 1.807) is 0 Å². The molecular formula is C16H23F2NO2. The van der Waals surface area contributed by atoms with E-state index in [1.807, 2.05) is 0 Å². The van der Waals surface area contributed by atoms with Crippen LogP contribution in [0.4, 0.5) is 8.78 Å². The lowest BCUT2D eigenvalue weighted by Crippen LogP contribution is -2.40. The average Bonchev–Trinajstić information content (AvgIpc) is 2.48. The Kier molecular flexibility index (Phi) is 5.67. The Labute approximate surface area is 124 Å². The van der Waals surface area contributed by atoms with Crippen LogP contribution in [0, 0.1) is 17.0 Å². The van der Waals surface area contributed by atoms with Gasteiger partial charge in [0.05, 0.1) is 11.7 Å². The number of rotatable bonds is 6. The molecule has 0 bridgehead atoms. The van der Waals surface area contributed by atoms with E-state index in [9.17, 15) is 19.0 Å². The maximum absolute atomic E-state index is 13.6. The number of hydrogen-bond acceptors (Lipinski definition) is 3. The van der Waals surface area contributed by atoms with E-state index in [4.69, 9.17) is 0 Å². The Bertz CT molecular complexity index is 441. The number of halogens is 2. The number of aliphatic hydroxyl groups is 2. The summed E-state index contributed by atoms with van der Waals surface area (Å²) < 4.78 is 27.1. The van der Waals surface area contributed by atoms with Crippen LogP contribution in [0.2, 0.25) is 0 Å². The Morgan fingerprint density at radius 1 is 1.14 bits per heavy atom. The molecule has 1 fully saturated rings. The van der Waals surface area contributed by atoms with Crippen molar-refractivity contribution in [3.63, 3.8) is 0 Å². The summed E-state index contributed by atoms with van der Waals surface area (Å²) in [5, 5.41) is 22.6. The van der Waals surface area contributed by atoms with Gasteiger partial charge in [-0.1, -0.05) is 25.3 Å². The van der Waals surface area contributed by atoms with Gasteiger partial charge >= 0.3 is 0 Å². The fraction of sp³-hybridized carbons (Fsp3) is 0.625. The fourth-order valence-electron chi connectivity index (χ4n) is 3.10. The number of benzene rings is 1. The second kappa shape index (κ2) is 7.29. The third kappa shape index (κ3) is 3.99. The largest absolute Gasteiger partial charge is 0.396 e. The van der Waals surface area contributed by atoms with Crippen molar-refractivity contribution in [3.8, 4) is 0 Å². The van der Waals surface area contributed by atoms with Gasteiger partial charge in [0.25, 0.3) is 0 Å². The molecule has 5 heteroatoms. The van der Waals surface area contributed by atoms with Crippen molar-refractivity contribution in [1.82, 2.24) is 5.32 Å². The Morgan fingerprint density at radius 2 is 1.76 bits per heavy atom. The smallest absolute Gasteiger partial charge is 0.131 e. The van der Waals surface area contributed by atoms with E-state index in [0.717, 1.165) is 37.8 Å². The highest BCUT2D eigenvalue weighted by Gasteiger charge is 2.31. The summed E-state index contributed by atoms with van der Waals surface area (Å²) in [5.41, 5.74) is -0.460. The quantitative estimate of drug-likeness (QED) is 0.756. The monoisotopic (exact) mass is 299 g/mol. The van der Waals surface area contributed by atoms with E-state index in [0.29, 0.717) is 6.54 Å². The molecule has 1 unspecified atom stereocenters. The van der Waals surface area contributed by atoms with E-state index in [1.165, 1.54) is 12.5 Å². The topological polar surface area (TPSA) is 52.5 Å². The van der Waals surface area contributed by atoms with Crippen molar-refractivity contribution in [1.29, 1.82) is 0 Å². The molecule has 1 aromatic rings. The van der Waals surface area contributed by atoms with E-state index >= 15 is 0 Å². The van der Waals surface area contributed by atoms with Crippen molar-refractivity contribution in [2.75, 3.05) is 19.7 Å². The molecule has 0 spiro atoms. The third-order valence-electron chi connectivity index (χ3n) is 4.42. The first-order valence-electron chi connectivity index (χ1n) is 7.51. The summed E-state index contributed by atoms with van der Waals surface area (Å²) in [6.07, 6.45) is 4.02. The summed E-state index contributed by atoms with van der Waals surface area (Å²) in [7, 11) is 0. The standard InChI is InChI=1S/C16H23F2NO2/c17-12-5-4-6-13(18)15(12)14(21)9-19-10-16(11-20)7-2-1-3-8-16/h4-6,14,19-21H,1-3,7-11H2. The first-order chi connectivity index (χ1) is 10.1. The molecule has 1 aliphatic carbocycles. The number of aliphatic hydroxyl groups excluding tert-OH is 2. The zero-order valence-electron chi connectivity index (χ0n) is 12.1. The van der Waals surface area contributed by atoms with Gasteiger partial charge in [0.15, 0.2) is 0 Å². The molecule has 0 amide bonds. The molecule has 3 N–H and O–H groups in total. The summed E-state index contributed by atoms with van der Waals surface area (Å²) in [6, 6.07) is 3.55. The molecule has 2 rings (SSSR count). The number of nitrogens with one attached hydrogen (secondary N) is 1. The zero-order chi connectivity index (χ0) is 15.3. The van der Waals surface area contributed by atoms with Crippen LogP contribution in [0.3, 0.4) is 0 Å². The van der Waals surface area contributed by atoms with Gasteiger partial charge in [-0.15, -0.1) is 0 Å². The lowest BCUT2D eigenvalue weighted by molar-refractivity contribution is 0.0751. The molecular weight excluding hydrogens is 276 g/mol. The Hall–Kier alpha value is -1.04. The minimum absolute atomic E-state index is 0.0691. The summed E-state index contributed by atoms with van der Waals surface area (Å²) >= 11 is 0. The molecule has 0 saturated heterocycles. The van der Waals surface area contributed by atoms with Crippen LogP contribution in [-0.4, -0.2) is 29.9 Å². The second-order valence-corrected chi connectivity index (χ2v) is 6.00. The highest BCUT2D eigenvalue weighted by molar-refractivity contribution is 5.22. The lowest BCUT2D eigenvalue weighted by Gasteiger charge is -2.36. The minimum Gasteiger partial charge on any atom is -0.396 e. The zero-order valence-corrected chi connectivity index (χ0v) is 12.1. The molecule has 21 heavy (non-hydrogen) atoms. The molecule has 3 nitrogen and oxygen atoms in total. The molecule has 118 valence electrons. The van der Waals surface area contributed by atoms with Crippen LogP contribution in [-0.2, 0) is 0 Å². The van der Waals surface area contributed by atoms with Crippen molar-refractivity contribution in [2.45, 2.75) is 38.2 Å². The summed E-state index contributed by atoms with van der Waals surface area (Å²) in [5.74, 6) is -1.47. The van der Waals surface area contributed by atoms with Gasteiger partial charge in [-0.25, -0.2) is 8.78 Å². The SMILES string of the molecule is OCC1(CNCC(O)c2c(F)cccc2F)CCCCC1. The van der Waals surface area contributed by atoms with Crippen molar-refractivity contribution in [3.05, 3.63) is 35.4 Å². The average molecular weight is 299 g/mol. The fourth-order valence-corrected chi connectivity index (χ4v) is 3.10. The highest BCUT2D eigenvalue weighted by Crippen LogP contribution is 2.35. The van der Waals surface area contributed by atoms with Crippen LogP contribution < -0.4 is 5.32 Å². The predicted molar refractivity (Wildman–Crippen MR) is 76.8 cm³/mol. The maximum Gasteiger partial charge on any atom is 0.131 e. The van der Waals surface area contributed by atoms with Gasteiger partial charge in [-0.05, 0) is 25.0 Å². The Morgan fingerprint density at radius 3 is 2.33 bits per heavy atom. The molecule has 0 aromatic heterocycles. The maximum atomic E-state index is 13.6. The van der Waals surface area contributed by atoms with E-state index in [2.05, 4.69) is 5.32 Å². The van der Waals surface area contributed by atoms with E-state index in [-0.39, 0.29) is 24.1 Å². The van der Waals surface area contributed by atoms with Gasteiger partial charge in [0.1, 0.15) is 11.6 Å². The van der Waals surface area contributed by atoms with Gasteiger partial charge in [0.2, 0.25) is 0 Å². The highest BCUT2D eigenvalue weighted by atomic mass is 19.1. The molecule has 0 aliphatic heterocycles. The summed E-state index contributed by atoms with van der Waals surface area (Å²) in [6.45, 7) is 0.723. The van der Waals surface area contributed by atoms with Crippen LogP contribution in [0.15, 0.2) is 18.2 Å². The third-order valence-corrected chi connectivity index (χ3v) is 4.42. The van der Waals surface area contributed by atoms with Gasteiger partial charge in [0, 0.05) is 25.1 Å². The van der Waals surface area contributed by atoms with E-state index < -0.39 is 17.7 Å². The molecule has 1 aliphatic rings. The normalized spacial score (nSPS) is 19.4. The first-order valence-corrected chi connectivity index (χ1v) is 7.51. The minimum atomic E-state index is -1.23. The van der Waals surface area contributed by atoms with Crippen molar-refractivity contribution in [2.24, 2.45) is 5.41 Å². The van der Waals surface area contributed by atoms with Crippen molar-refractivity contribution < 1.29 is 19.0 Å². The molecule has 1 saturated carbocycles. The first kappa shape index (κ1) is 16.3. The predicted octanol–water partition coefficient (Wildman–Crippen LogP) is 2.53. The number of hydrogen-bond donors (Lipinski definition) is 3. The molecule has 0 radical (unpaired) electrons. The van der Waals surface area contributed by atoms with Crippen LogP contribution in [0.1, 0.15) is 43.8 Å². The lowest BCUT2D eigenvalue weighted by atomic mass is 9.74. The Balaban J connectivity index is 1.90. The van der Waals surface area contributed by atoms with Gasteiger partial charge in [-0.3, -0.25) is 0 Å². The summed E-state index contributed by atoms with van der Waals surface area (Å²) in [4.78, 5) is 0. The van der Waals surface area contributed by atoms with Gasteiger partial charge in [-0.2, -0.15) is 0 Å². The molecule has 1 atom stereocenters. The molecule has 0 heterocycles. The van der Waals surface area contributed by atoms with Crippen LogP contribution in [0.5, 0.6) is 0 Å². The van der Waals surface area contributed by atoms with Crippen molar-refractivity contribution >= 4 is 0 Å².